The Morgan fingerprint density at radius 2 is 1.88 bits per heavy atom. The van der Waals surface area contributed by atoms with E-state index in [1.54, 1.807) is 18.2 Å². The van der Waals surface area contributed by atoms with Crippen molar-refractivity contribution in [3.63, 3.8) is 0 Å². The molecule has 0 spiro atoms. The Bertz CT molecular complexity index is 1170. The van der Waals surface area contributed by atoms with Gasteiger partial charge in [0.15, 0.2) is 6.10 Å². The summed E-state index contributed by atoms with van der Waals surface area (Å²) in [6, 6.07) is 13.2. The zero-order valence-electron chi connectivity index (χ0n) is 25.3. The van der Waals surface area contributed by atoms with Crippen LogP contribution in [0.4, 0.5) is 11.4 Å². The minimum atomic E-state index is -0.306. The summed E-state index contributed by atoms with van der Waals surface area (Å²) in [5.41, 5.74) is 4.15. The Balaban J connectivity index is 0.000000378. The van der Waals surface area contributed by atoms with Crippen LogP contribution in [0.25, 0.3) is 0 Å². The number of allylic oxidation sites excluding steroid dienone is 1. The van der Waals surface area contributed by atoms with Crippen molar-refractivity contribution in [2.24, 2.45) is 5.92 Å². The van der Waals surface area contributed by atoms with Crippen molar-refractivity contribution in [3.8, 4) is 11.8 Å². The smallest absolute Gasteiger partial charge is 0.268 e. The van der Waals surface area contributed by atoms with Gasteiger partial charge in [-0.1, -0.05) is 65.3 Å². The highest BCUT2D eigenvalue weighted by atomic mass is 35.5. The van der Waals surface area contributed by atoms with Crippen molar-refractivity contribution in [1.82, 2.24) is 0 Å². The first kappa shape index (κ1) is 34.7. The van der Waals surface area contributed by atoms with E-state index >= 15 is 0 Å². The maximum Gasteiger partial charge on any atom is 0.268 e. The molecule has 1 aliphatic heterocycles. The average molecular weight is 568 g/mol. The van der Waals surface area contributed by atoms with E-state index < -0.39 is 0 Å². The third-order valence-corrected chi connectivity index (χ3v) is 6.64. The van der Waals surface area contributed by atoms with E-state index in [1.807, 2.05) is 70.7 Å². The molecule has 0 saturated carbocycles. The number of nitrogens with zero attached hydrogens (tertiary/aromatic N) is 2. The lowest BCUT2D eigenvalue weighted by atomic mass is 9.98. The van der Waals surface area contributed by atoms with E-state index in [9.17, 15) is 9.59 Å². The van der Waals surface area contributed by atoms with Gasteiger partial charge in [-0.15, -0.1) is 0 Å². The lowest BCUT2D eigenvalue weighted by Gasteiger charge is -2.34. The molecule has 7 heteroatoms. The largest absolute Gasteiger partial charge is 0.478 e. The van der Waals surface area contributed by atoms with Crippen LogP contribution in [0.2, 0.25) is 5.02 Å². The minimum Gasteiger partial charge on any atom is -0.478 e. The van der Waals surface area contributed by atoms with Crippen LogP contribution in [0, 0.1) is 24.2 Å². The van der Waals surface area contributed by atoms with E-state index in [2.05, 4.69) is 18.8 Å². The molecular formula is C33H46ClN3O3. The Morgan fingerprint density at radius 1 is 1.18 bits per heavy atom. The minimum absolute atomic E-state index is 0.0994. The van der Waals surface area contributed by atoms with Crippen molar-refractivity contribution in [1.29, 1.82) is 5.26 Å². The molecule has 6 nitrogen and oxygen atoms in total. The van der Waals surface area contributed by atoms with Gasteiger partial charge in [0, 0.05) is 30.8 Å². The first-order chi connectivity index (χ1) is 19.1. The predicted molar refractivity (Wildman–Crippen MR) is 167 cm³/mol. The number of likely N-dealkylation sites (N-methyl/N-ethyl adjacent to an activating group) is 1. The van der Waals surface area contributed by atoms with Crippen LogP contribution in [-0.4, -0.2) is 24.3 Å². The molecule has 0 aromatic heterocycles. The molecule has 2 unspecified atom stereocenters. The molecule has 0 aliphatic carbocycles. The van der Waals surface area contributed by atoms with Crippen LogP contribution < -0.4 is 15.0 Å². The normalized spacial score (nSPS) is 14.2. The number of hydrogen-bond donors (Lipinski definition) is 1. The number of rotatable bonds is 11. The van der Waals surface area contributed by atoms with Crippen LogP contribution in [0.15, 0.2) is 48.7 Å². The van der Waals surface area contributed by atoms with E-state index in [1.165, 1.54) is 0 Å². The van der Waals surface area contributed by atoms with Crippen molar-refractivity contribution in [2.45, 2.75) is 93.1 Å². The summed E-state index contributed by atoms with van der Waals surface area (Å²) < 4.78 is 5.87. The molecule has 0 bridgehead atoms. The highest BCUT2D eigenvalue weighted by Crippen LogP contribution is 2.35. The van der Waals surface area contributed by atoms with Crippen LogP contribution >= 0.6 is 11.6 Å². The Kier molecular flexibility index (Phi) is 15.7. The van der Waals surface area contributed by atoms with Gasteiger partial charge >= 0.3 is 0 Å². The molecule has 1 N–H and O–H groups in total. The standard InChI is InChI=1S/C16H19ClN2O.C15H21NO2.C2H6/c1-4-15(20)8-11(2)7-12(3)19-14-6-5-13(10-18)16(17)9-14;1-4-6-7-13-15(17)16(5-2)12-9-8-11(3)10-14(12)18-13;1-2/h5-6,9,11,19H,3-4,7-8H2,1-2H3;8-10,13H,4-7H2,1-3H3;1-2H3. The Labute approximate surface area is 246 Å². The van der Waals surface area contributed by atoms with Crippen LogP contribution in [0.1, 0.15) is 91.2 Å². The number of anilines is 2. The number of ketones is 1. The molecule has 0 radical (unpaired) electrons. The lowest BCUT2D eigenvalue weighted by Crippen LogP contribution is -2.45. The number of Topliss-reactive ketones (excluding diaryl/α,β-unsaturated/α-hetero) is 1. The fourth-order valence-corrected chi connectivity index (χ4v) is 4.52. The zero-order valence-corrected chi connectivity index (χ0v) is 26.0. The Hall–Kier alpha value is -3.30. The average Bonchev–Trinajstić information content (AvgIpc) is 2.93. The second-order valence-electron chi connectivity index (χ2n) is 9.74. The number of unbranched alkanes of at least 4 members (excludes halogenated alkanes) is 1. The molecule has 218 valence electrons. The summed E-state index contributed by atoms with van der Waals surface area (Å²) in [6.07, 6.45) is 4.48. The molecule has 2 aromatic rings. The van der Waals surface area contributed by atoms with Crippen molar-refractivity contribution in [2.75, 3.05) is 16.8 Å². The number of hydrogen-bond acceptors (Lipinski definition) is 5. The molecule has 0 fully saturated rings. The summed E-state index contributed by atoms with van der Waals surface area (Å²) in [7, 11) is 0. The number of aryl methyl sites for hydroxylation is 1. The maximum atomic E-state index is 12.3. The van der Waals surface area contributed by atoms with Crippen LogP contribution in [0.3, 0.4) is 0 Å². The van der Waals surface area contributed by atoms with Crippen LogP contribution in [-0.2, 0) is 9.59 Å². The van der Waals surface area contributed by atoms with Gasteiger partial charge in [-0.3, -0.25) is 9.59 Å². The van der Waals surface area contributed by atoms with Gasteiger partial charge in [0.1, 0.15) is 17.6 Å². The van der Waals surface area contributed by atoms with Gasteiger partial charge in [-0.2, -0.15) is 5.26 Å². The van der Waals surface area contributed by atoms with Gasteiger partial charge in [0.05, 0.1) is 16.3 Å². The molecule has 2 aromatic carbocycles. The number of carbonyl (C=O) groups excluding carboxylic acids is 2. The molecular weight excluding hydrogens is 522 g/mol. The van der Waals surface area contributed by atoms with E-state index in [-0.39, 0.29) is 23.7 Å². The first-order valence-corrected chi connectivity index (χ1v) is 14.8. The maximum absolute atomic E-state index is 12.3. The molecule has 1 heterocycles. The number of nitriles is 1. The zero-order chi connectivity index (χ0) is 30.2. The van der Waals surface area contributed by atoms with Gasteiger partial charge < -0.3 is 15.0 Å². The third kappa shape index (κ3) is 10.7. The summed E-state index contributed by atoms with van der Waals surface area (Å²) >= 11 is 5.97. The van der Waals surface area contributed by atoms with Gasteiger partial charge in [-0.05, 0) is 74.9 Å². The molecule has 1 aliphatic rings. The molecule has 1 amide bonds. The number of carbonyl (C=O) groups is 2. The van der Waals surface area contributed by atoms with Crippen molar-refractivity contribution < 1.29 is 14.3 Å². The number of benzene rings is 2. The number of fused-ring (bicyclic) bond motifs is 1. The molecule has 0 saturated heterocycles. The monoisotopic (exact) mass is 567 g/mol. The number of halogens is 1. The number of ether oxygens (including phenoxy) is 1. The van der Waals surface area contributed by atoms with Crippen molar-refractivity contribution in [3.05, 3.63) is 64.8 Å². The second kappa shape index (κ2) is 18.1. The quantitative estimate of drug-likeness (QED) is 0.293. The number of amides is 1. The van der Waals surface area contributed by atoms with E-state index in [0.29, 0.717) is 30.0 Å². The SMILES string of the molecule is C=C(CC(C)CC(=O)CC)Nc1ccc(C#N)c(Cl)c1.CC.CCCCC1Oc2cc(C)ccc2N(CC)C1=O. The number of nitrogens with one attached hydrogen (secondary N) is 1. The third-order valence-electron chi connectivity index (χ3n) is 6.33. The van der Waals surface area contributed by atoms with Gasteiger partial charge in [0.25, 0.3) is 5.91 Å². The highest BCUT2D eigenvalue weighted by Gasteiger charge is 2.32. The van der Waals surface area contributed by atoms with Gasteiger partial charge in [-0.25, -0.2) is 0 Å². The second-order valence-corrected chi connectivity index (χ2v) is 10.2. The fraction of sp³-hybridized carbons (Fsp3) is 0.485. The van der Waals surface area contributed by atoms with E-state index in [4.69, 9.17) is 21.6 Å². The topological polar surface area (TPSA) is 82.4 Å². The summed E-state index contributed by atoms with van der Waals surface area (Å²) in [4.78, 5) is 25.5. The molecule has 2 atom stereocenters. The first-order valence-electron chi connectivity index (χ1n) is 14.4. The lowest BCUT2D eigenvalue weighted by molar-refractivity contribution is -0.126. The van der Waals surface area contributed by atoms with Crippen molar-refractivity contribution >= 4 is 34.7 Å². The summed E-state index contributed by atoms with van der Waals surface area (Å²) in [5.74, 6) is 1.47. The summed E-state index contributed by atoms with van der Waals surface area (Å²) in [6.45, 7) is 18.7. The molecule has 40 heavy (non-hydrogen) atoms. The van der Waals surface area contributed by atoms with Crippen LogP contribution in [0.5, 0.6) is 5.75 Å². The Morgan fingerprint density at radius 3 is 2.45 bits per heavy atom. The fourth-order valence-electron chi connectivity index (χ4n) is 4.30. The van der Waals surface area contributed by atoms with Gasteiger partial charge in [0.2, 0.25) is 0 Å². The molecule has 3 rings (SSSR count). The highest BCUT2D eigenvalue weighted by molar-refractivity contribution is 6.32. The summed E-state index contributed by atoms with van der Waals surface area (Å²) in [5, 5.41) is 12.4. The van der Waals surface area contributed by atoms with E-state index in [0.717, 1.165) is 54.1 Å². The predicted octanol–water partition coefficient (Wildman–Crippen LogP) is 8.86.